The molecule has 0 unspecified atom stereocenters. The highest BCUT2D eigenvalue weighted by Crippen LogP contribution is 2.40. The molecule has 0 atom stereocenters. The van der Waals surface area contributed by atoms with Crippen LogP contribution < -0.4 is 63.0 Å². The molecule has 0 aliphatic carbocycles. The topological polar surface area (TPSA) is 116 Å². The number of hydrogen-bond acceptors (Lipinski definition) is 8. The molecule has 105 heavy (non-hydrogen) atoms. The SMILES string of the molecule is c1ccc2c(c1)B1c3ccc(-c4nc(-n5c6ccccc6c6ccccc65)nc(-n5c6ccccc6c6ccccc65)n4)cc3Oc3cccc(c31)[Si]21c2ccccc2B2c3ccc(-c4nc(-n5c6ccccc6c6ccccc65)nc(-n5c6ccccc6c6ccccc65)n4)cc3Oc3cccc1c32. The summed E-state index contributed by atoms with van der Waals surface area (Å²) in [6, 6.07) is 113. The molecule has 4 aliphatic heterocycles. The summed E-state index contributed by atoms with van der Waals surface area (Å²) in [6.07, 6.45) is 0. The third-order valence-corrected chi connectivity index (χ3v) is 27.8. The Labute approximate surface area is 601 Å². The number of fused-ring (bicyclic) bond motifs is 24. The minimum Gasteiger partial charge on any atom is -0.458 e. The van der Waals surface area contributed by atoms with E-state index in [0.29, 0.717) is 35.4 Å². The number of aromatic nitrogens is 10. The van der Waals surface area contributed by atoms with Crippen LogP contribution in [0.4, 0.5) is 0 Å². The molecular formula is C90H52B2N10O2Si. The second kappa shape index (κ2) is 21.2. The zero-order valence-corrected chi connectivity index (χ0v) is 57.0. The minimum atomic E-state index is -3.24. The number of rotatable bonds is 6. The van der Waals surface area contributed by atoms with Gasteiger partial charge in [-0.2, -0.15) is 29.9 Å². The lowest BCUT2D eigenvalue weighted by Crippen LogP contribution is -2.93. The molecule has 0 saturated heterocycles. The summed E-state index contributed by atoms with van der Waals surface area (Å²) in [5.74, 6) is 6.35. The lowest BCUT2D eigenvalue weighted by Gasteiger charge is -2.49. The maximum Gasteiger partial charge on any atom is 0.250 e. The lowest BCUT2D eigenvalue weighted by molar-refractivity contribution is 0.488. The molecule has 0 saturated carbocycles. The Bertz CT molecular complexity index is 6350. The predicted octanol–water partition coefficient (Wildman–Crippen LogP) is 13.0. The van der Waals surface area contributed by atoms with Crippen LogP contribution in [0.3, 0.4) is 0 Å². The van der Waals surface area contributed by atoms with Crippen LogP contribution in [0.1, 0.15) is 0 Å². The Hall–Kier alpha value is -13.8. The summed E-state index contributed by atoms with van der Waals surface area (Å²) in [7, 11) is -3.24. The van der Waals surface area contributed by atoms with E-state index in [2.05, 4.69) is 334 Å². The summed E-state index contributed by atoms with van der Waals surface area (Å²) in [5, 5.41) is 14.3. The van der Waals surface area contributed by atoms with Gasteiger partial charge < -0.3 is 9.47 Å². The summed E-state index contributed by atoms with van der Waals surface area (Å²) >= 11 is 0. The largest absolute Gasteiger partial charge is 0.458 e. The Kier molecular flexibility index (Phi) is 11.5. The van der Waals surface area contributed by atoms with E-state index in [1.165, 1.54) is 42.6 Å². The van der Waals surface area contributed by atoms with E-state index >= 15 is 0 Å². The lowest BCUT2D eigenvalue weighted by atomic mass is 9.35. The second-order valence-electron chi connectivity index (χ2n) is 27.9. The normalized spacial score (nSPS) is 13.5. The van der Waals surface area contributed by atoms with Gasteiger partial charge in [-0.15, -0.1) is 0 Å². The van der Waals surface area contributed by atoms with Crippen molar-refractivity contribution in [3.8, 4) is 69.6 Å². The first-order chi connectivity index (χ1) is 52.1. The van der Waals surface area contributed by atoms with Crippen LogP contribution in [-0.2, 0) is 0 Å². The summed E-state index contributed by atoms with van der Waals surface area (Å²) in [6.45, 7) is -0.298. The highest BCUT2D eigenvalue weighted by molar-refractivity contribution is 7.31. The quantitative estimate of drug-likeness (QED) is 0.151. The zero-order chi connectivity index (χ0) is 68.3. The molecule has 20 aromatic rings. The van der Waals surface area contributed by atoms with E-state index in [4.69, 9.17) is 39.4 Å². The van der Waals surface area contributed by atoms with Gasteiger partial charge in [-0.3, -0.25) is 18.3 Å². The number of ether oxygens (including phenoxy) is 2. The van der Waals surface area contributed by atoms with Gasteiger partial charge in [-0.05, 0) is 115 Å². The smallest absolute Gasteiger partial charge is 0.250 e. The van der Waals surface area contributed by atoms with Crippen LogP contribution in [0.15, 0.2) is 315 Å². The van der Waals surface area contributed by atoms with Crippen molar-refractivity contribution in [3.05, 3.63) is 315 Å². The van der Waals surface area contributed by atoms with Crippen molar-refractivity contribution < 1.29 is 9.47 Å². The van der Waals surface area contributed by atoms with Gasteiger partial charge in [0, 0.05) is 54.2 Å². The van der Waals surface area contributed by atoms with Crippen molar-refractivity contribution in [1.29, 1.82) is 0 Å². The third kappa shape index (κ3) is 7.69. The fourth-order valence-corrected chi connectivity index (χ4v) is 24.5. The molecule has 15 heteroatoms. The van der Waals surface area contributed by atoms with Crippen molar-refractivity contribution in [1.82, 2.24) is 48.2 Å². The first-order valence-corrected chi connectivity index (χ1v) is 37.7. The Morgan fingerprint density at radius 2 is 0.495 bits per heavy atom. The minimum absolute atomic E-state index is 0.149. The fourth-order valence-electron chi connectivity index (χ4n) is 18.7. The Morgan fingerprint density at radius 3 is 0.800 bits per heavy atom. The van der Waals surface area contributed by atoms with Gasteiger partial charge in [0.05, 0.1) is 44.1 Å². The molecular weight excluding hydrogens is 1300 g/mol. The van der Waals surface area contributed by atoms with Gasteiger partial charge in [-0.25, -0.2) is 0 Å². The number of nitrogens with zero attached hydrogens (tertiary/aromatic N) is 10. The summed E-state index contributed by atoms with van der Waals surface area (Å²) in [4.78, 5) is 32.8. The molecule has 1 spiro atoms. The van der Waals surface area contributed by atoms with E-state index in [0.717, 1.165) is 132 Å². The van der Waals surface area contributed by atoms with Crippen LogP contribution in [0.5, 0.6) is 23.0 Å². The highest BCUT2D eigenvalue weighted by atomic mass is 28.3. The molecule has 10 heterocycles. The summed E-state index contributed by atoms with van der Waals surface area (Å²) < 4.78 is 23.6. The second-order valence-corrected chi connectivity index (χ2v) is 31.6. The van der Waals surface area contributed by atoms with Gasteiger partial charge in [0.25, 0.3) is 13.4 Å². The van der Waals surface area contributed by atoms with Crippen LogP contribution in [-0.4, -0.2) is 69.7 Å². The molecule has 0 fully saturated rings. The fraction of sp³-hybridized carbons (Fsp3) is 0. The predicted molar refractivity (Wildman–Crippen MR) is 427 cm³/mol. The molecule has 24 rings (SSSR count). The van der Waals surface area contributed by atoms with Gasteiger partial charge in [0.2, 0.25) is 23.8 Å². The molecule has 0 amide bonds. The maximum absolute atomic E-state index is 7.45. The third-order valence-electron chi connectivity index (χ3n) is 22.8. The van der Waals surface area contributed by atoms with Crippen molar-refractivity contribution in [2.45, 2.75) is 0 Å². The Balaban J connectivity index is 0.657. The van der Waals surface area contributed by atoms with Crippen LogP contribution in [0.2, 0.25) is 0 Å². The van der Waals surface area contributed by atoms with Crippen molar-refractivity contribution in [3.63, 3.8) is 0 Å². The van der Waals surface area contributed by atoms with Crippen molar-refractivity contribution in [2.75, 3.05) is 0 Å². The van der Waals surface area contributed by atoms with Crippen molar-refractivity contribution in [2.24, 2.45) is 0 Å². The van der Waals surface area contributed by atoms with Gasteiger partial charge in [-0.1, -0.05) is 254 Å². The van der Waals surface area contributed by atoms with Gasteiger partial charge >= 0.3 is 0 Å². The number of hydrogen-bond donors (Lipinski definition) is 0. The first kappa shape index (κ1) is 56.9. The van der Waals surface area contributed by atoms with Gasteiger partial charge in [0.15, 0.2) is 19.7 Å². The Morgan fingerprint density at radius 1 is 0.229 bits per heavy atom. The van der Waals surface area contributed by atoms with E-state index in [1.54, 1.807) is 0 Å². The van der Waals surface area contributed by atoms with E-state index in [9.17, 15) is 0 Å². The molecule has 14 aromatic carbocycles. The van der Waals surface area contributed by atoms with E-state index < -0.39 is 8.07 Å². The average molecular weight is 1360 g/mol. The summed E-state index contributed by atoms with van der Waals surface area (Å²) in [5.41, 5.74) is 16.8. The van der Waals surface area contributed by atoms with E-state index in [-0.39, 0.29) is 13.4 Å². The molecule has 0 N–H and O–H groups in total. The standard InChI is InChI=1S/C90H52B2N10O2Si/c1-11-33-67-55(23-1)56-24-2-12-34-68(56)99(67)87-93-85(94-88(97-87)100-69-35-13-3-25-57(69)58-26-4-14-36-70(58)100)53-47-49-63-77(51-53)103-75-41-21-45-81-83(75)91(63)65-31-9-19-43-79(65)105(81)80-44-20-10-32-66(80)92-64-50-48-54(52-78(64)104-76-42-22-46-82(105)84(76)92)86-95-89(101-71-37-15-5-27-59(71)60-28-6-16-38-72(60)101)98-90(96-86)102-73-39-17-7-29-61(73)62-30-8-18-40-74(62)102/h1-52H. The molecule has 0 radical (unpaired) electrons. The van der Waals surface area contributed by atoms with Gasteiger partial charge in [0.1, 0.15) is 23.0 Å². The number of para-hydroxylation sites is 8. The maximum atomic E-state index is 7.45. The monoisotopic (exact) mass is 1350 g/mol. The van der Waals surface area contributed by atoms with Crippen LogP contribution in [0.25, 0.3) is 134 Å². The molecule has 484 valence electrons. The van der Waals surface area contributed by atoms with Crippen LogP contribution >= 0.6 is 0 Å². The van der Waals surface area contributed by atoms with Crippen molar-refractivity contribution >= 4 is 162 Å². The van der Waals surface area contributed by atoms with Crippen LogP contribution in [0, 0.1) is 0 Å². The molecule has 6 aromatic heterocycles. The highest BCUT2D eigenvalue weighted by Gasteiger charge is 2.58. The average Bonchev–Trinajstić information content (AvgIpc) is 1.54. The molecule has 4 aliphatic rings. The van der Waals surface area contributed by atoms with E-state index in [1.807, 2.05) is 0 Å². The first-order valence-electron chi connectivity index (χ1n) is 35.7. The molecule has 12 nitrogen and oxygen atoms in total. The molecule has 0 bridgehead atoms. The number of benzene rings is 14. The zero-order valence-electron chi connectivity index (χ0n) is 56.0.